The molecular weight excluding hydrogens is 294 g/mol. The van der Waals surface area contributed by atoms with E-state index in [4.69, 9.17) is 10.2 Å². The van der Waals surface area contributed by atoms with Crippen LogP contribution in [0.4, 0.5) is 11.4 Å². The smallest absolute Gasteiger partial charge is 0.258 e. The van der Waals surface area contributed by atoms with Crippen molar-refractivity contribution >= 4 is 17.3 Å². The molecule has 122 valence electrons. The molecule has 0 radical (unpaired) electrons. The average Bonchev–Trinajstić information content (AvgIpc) is 3.05. The standard InChI is InChI=1S/C17H21N3O3/c18-10-14-9-12(11-23-14)17(22)19-15-3-1-2-4-16(15)20-7-5-13(21)6-8-20/h1-4,9,11,13,21H,5-8,10,18H2,(H,19,22). The fourth-order valence-corrected chi connectivity index (χ4v) is 2.76. The molecule has 6 heteroatoms. The summed E-state index contributed by atoms with van der Waals surface area (Å²) in [5, 5.41) is 12.6. The van der Waals surface area contributed by atoms with E-state index >= 15 is 0 Å². The molecule has 3 rings (SSSR count). The molecule has 4 N–H and O–H groups in total. The van der Waals surface area contributed by atoms with Crippen molar-refractivity contribution in [2.24, 2.45) is 5.73 Å². The molecule has 2 aromatic rings. The Morgan fingerprint density at radius 3 is 2.78 bits per heavy atom. The number of hydrogen-bond acceptors (Lipinski definition) is 5. The van der Waals surface area contributed by atoms with Gasteiger partial charge in [0.1, 0.15) is 12.0 Å². The maximum atomic E-state index is 12.4. The van der Waals surface area contributed by atoms with Crippen LogP contribution in [0.25, 0.3) is 0 Å². The molecule has 0 saturated carbocycles. The highest BCUT2D eigenvalue weighted by atomic mass is 16.3. The first-order chi connectivity index (χ1) is 11.2. The molecule has 1 aromatic carbocycles. The van der Waals surface area contributed by atoms with Gasteiger partial charge in [0.15, 0.2) is 0 Å². The summed E-state index contributed by atoms with van der Waals surface area (Å²) in [6, 6.07) is 9.34. The highest BCUT2D eigenvalue weighted by Gasteiger charge is 2.20. The van der Waals surface area contributed by atoms with Crippen molar-refractivity contribution in [3.05, 3.63) is 47.9 Å². The Hall–Kier alpha value is -2.31. The summed E-state index contributed by atoms with van der Waals surface area (Å²) >= 11 is 0. The molecule has 1 amide bonds. The van der Waals surface area contributed by atoms with Crippen molar-refractivity contribution < 1.29 is 14.3 Å². The summed E-state index contributed by atoms with van der Waals surface area (Å²) in [7, 11) is 0. The summed E-state index contributed by atoms with van der Waals surface area (Å²) in [5.41, 5.74) is 7.67. The van der Waals surface area contributed by atoms with Gasteiger partial charge in [-0.2, -0.15) is 0 Å². The zero-order chi connectivity index (χ0) is 16.2. The number of piperidine rings is 1. The van der Waals surface area contributed by atoms with Gasteiger partial charge in [-0.1, -0.05) is 12.1 Å². The van der Waals surface area contributed by atoms with Gasteiger partial charge in [-0.05, 0) is 31.0 Å². The van der Waals surface area contributed by atoms with Crippen molar-refractivity contribution in [2.75, 3.05) is 23.3 Å². The van der Waals surface area contributed by atoms with Crippen LogP contribution in [0.5, 0.6) is 0 Å². The van der Waals surface area contributed by atoms with Crippen LogP contribution in [-0.4, -0.2) is 30.2 Å². The number of carbonyl (C=O) groups excluding carboxylic acids is 1. The number of nitrogens with two attached hydrogens (primary N) is 1. The van der Waals surface area contributed by atoms with Gasteiger partial charge in [-0.3, -0.25) is 4.79 Å². The molecule has 0 spiro atoms. The van der Waals surface area contributed by atoms with E-state index in [0.29, 0.717) is 11.3 Å². The van der Waals surface area contributed by atoms with Gasteiger partial charge in [0.2, 0.25) is 0 Å². The second-order valence-corrected chi connectivity index (χ2v) is 5.70. The van der Waals surface area contributed by atoms with Crippen LogP contribution in [0, 0.1) is 0 Å². The summed E-state index contributed by atoms with van der Waals surface area (Å²) in [4.78, 5) is 14.5. The quantitative estimate of drug-likeness (QED) is 0.802. The monoisotopic (exact) mass is 315 g/mol. The number of furan rings is 1. The van der Waals surface area contributed by atoms with Crippen LogP contribution in [0.3, 0.4) is 0 Å². The topological polar surface area (TPSA) is 91.7 Å². The van der Waals surface area contributed by atoms with Gasteiger partial charge >= 0.3 is 0 Å². The fourth-order valence-electron chi connectivity index (χ4n) is 2.76. The normalized spacial score (nSPS) is 15.7. The second-order valence-electron chi connectivity index (χ2n) is 5.70. The number of hydrogen-bond donors (Lipinski definition) is 3. The zero-order valence-corrected chi connectivity index (χ0v) is 12.9. The molecule has 1 aromatic heterocycles. The number of anilines is 2. The number of aliphatic hydroxyl groups is 1. The molecule has 0 unspecified atom stereocenters. The van der Waals surface area contributed by atoms with E-state index in [2.05, 4.69) is 10.2 Å². The Kier molecular flexibility index (Phi) is 4.64. The largest absolute Gasteiger partial charge is 0.467 e. The molecule has 1 saturated heterocycles. The van der Waals surface area contributed by atoms with Crippen molar-refractivity contribution in [1.82, 2.24) is 0 Å². The van der Waals surface area contributed by atoms with Gasteiger partial charge in [-0.25, -0.2) is 0 Å². The first-order valence-corrected chi connectivity index (χ1v) is 7.78. The molecule has 0 atom stereocenters. The Morgan fingerprint density at radius 1 is 1.35 bits per heavy atom. The number of para-hydroxylation sites is 2. The van der Waals surface area contributed by atoms with Crippen LogP contribution < -0.4 is 16.0 Å². The molecule has 0 aliphatic carbocycles. The van der Waals surface area contributed by atoms with Crippen molar-refractivity contribution in [3.63, 3.8) is 0 Å². The third-order valence-corrected chi connectivity index (χ3v) is 4.07. The maximum Gasteiger partial charge on any atom is 0.258 e. The van der Waals surface area contributed by atoms with Crippen LogP contribution >= 0.6 is 0 Å². The van der Waals surface area contributed by atoms with E-state index in [-0.39, 0.29) is 18.6 Å². The van der Waals surface area contributed by atoms with E-state index < -0.39 is 0 Å². The molecule has 0 bridgehead atoms. The Morgan fingerprint density at radius 2 is 2.09 bits per heavy atom. The molecule has 1 fully saturated rings. The minimum absolute atomic E-state index is 0.224. The van der Waals surface area contributed by atoms with E-state index in [1.54, 1.807) is 6.07 Å². The summed E-state index contributed by atoms with van der Waals surface area (Å²) in [6.45, 7) is 1.81. The van der Waals surface area contributed by atoms with Gasteiger partial charge in [0.25, 0.3) is 5.91 Å². The highest BCUT2D eigenvalue weighted by Crippen LogP contribution is 2.28. The van der Waals surface area contributed by atoms with Crippen LogP contribution in [0.2, 0.25) is 0 Å². The first-order valence-electron chi connectivity index (χ1n) is 7.78. The average molecular weight is 315 g/mol. The number of aliphatic hydroxyl groups excluding tert-OH is 1. The number of benzene rings is 1. The number of rotatable bonds is 4. The lowest BCUT2D eigenvalue weighted by Gasteiger charge is -2.32. The zero-order valence-electron chi connectivity index (χ0n) is 12.9. The number of amides is 1. The number of carbonyl (C=O) groups is 1. The van der Waals surface area contributed by atoms with Crippen molar-refractivity contribution in [1.29, 1.82) is 0 Å². The highest BCUT2D eigenvalue weighted by molar-refractivity contribution is 6.05. The molecule has 6 nitrogen and oxygen atoms in total. The van der Waals surface area contributed by atoms with Crippen molar-refractivity contribution in [3.8, 4) is 0 Å². The fraction of sp³-hybridized carbons (Fsp3) is 0.353. The van der Waals surface area contributed by atoms with Gasteiger partial charge in [0.05, 0.1) is 29.6 Å². The Balaban J connectivity index is 1.76. The van der Waals surface area contributed by atoms with Crippen LogP contribution in [-0.2, 0) is 6.54 Å². The van der Waals surface area contributed by atoms with Gasteiger partial charge in [0, 0.05) is 13.1 Å². The number of nitrogens with zero attached hydrogens (tertiary/aromatic N) is 1. The molecule has 1 aliphatic heterocycles. The van der Waals surface area contributed by atoms with Gasteiger partial charge in [-0.15, -0.1) is 0 Å². The summed E-state index contributed by atoms with van der Waals surface area (Å²) in [6.07, 6.45) is 2.67. The lowest BCUT2D eigenvalue weighted by molar-refractivity contribution is 0.102. The molecule has 23 heavy (non-hydrogen) atoms. The van der Waals surface area contributed by atoms with E-state index in [0.717, 1.165) is 37.3 Å². The second kappa shape index (κ2) is 6.85. The van der Waals surface area contributed by atoms with E-state index in [1.165, 1.54) is 6.26 Å². The predicted molar refractivity (Wildman–Crippen MR) is 88.4 cm³/mol. The van der Waals surface area contributed by atoms with Gasteiger partial charge < -0.3 is 25.5 Å². The van der Waals surface area contributed by atoms with Crippen LogP contribution in [0.15, 0.2) is 41.0 Å². The lowest BCUT2D eigenvalue weighted by atomic mass is 10.1. The third kappa shape index (κ3) is 3.55. The first kappa shape index (κ1) is 15.6. The lowest BCUT2D eigenvalue weighted by Crippen LogP contribution is -2.36. The predicted octanol–water partition coefficient (Wildman–Crippen LogP) is 1.95. The summed E-state index contributed by atoms with van der Waals surface area (Å²) < 4.78 is 5.21. The third-order valence-electron chi connectivity index (χ3n) is 4.07. The van der Waals surface area contributed by atoms with E-state index in [1.807, 2.05) is 24.3 Å². The Labute approximate surface area is 134 Å². The SMILES string of the molecule is NCc1cc(C(=O)Nc2ccccc2N2CCC(O)CC2)co1. The Bertz CT molecular complexity index is 675. The maximum absolute atomic E-state index is 12.4. The van der Waals surface area contributed by atoms with E-state index in [9.17, 15) is 9.90 Å². The molecular formula is C17H21N3O3. The van der Waals surface area contributed by atoms with Crippen molar-refractivity contribution in [2.45, 2.75) is 25.5 Å². The molecule has 2 heterocycles. The summed E-state index contributed by atoms with van der Waals surface area (Å²) in [5.74, 6) is 0.353. The minimum Gasteiger partial charge on any atom is -0.467 e. The molecule has 1 aliphatic rings. The number of nitrogens with one attached hydrogen (secondary N) is 1. The van der Waals surface area contributed by atoms with Crippen LogP contribution in [0.1, 0.15) is 29.0 Å². The minimum atomic E-state index is -0.228.